The number of aliphatic imine (C=N–C) groups is 1. The summed E-state index contributed by atoms with van der Waals surface area (Å²) in [4.78, 5) is 7.90. The molecule has 2 heterocycles. The van der Waals surface area contributed by atoms with Crippen molar-refractivity contribution in [1.29, 1.82) is 0 Å². The van der Waals surface area contributed by atoms with Gasteiger partial charge in [0.05, 0.1) is 12.1 Å². The van der Waals surface area contributed by atoms with E-state index in [1.807, 2.05) is 0 Å². The third kappa shape index (κ3) is 3.04. The number of aliphatic hydroxyl groups is 1. The molecule has 0 radical (unpaired) electrons. The number of thioether (sulfide) groups is 1. The molecule has 2 aliphatic carbocycles. The molecule has 0 amide bonds. The number of piperazine rings is 1. The molecule has 22 heavy (non-hydrogen) atoms. The molecule has 0 aromatic rings. The van der Waals surface area contributed by atoms with E-state index in [-0.39, 0.29) is 6.10 Å². The Morgan fingerprint density at radius 2 is 1.86 bits per heavy atom. The van der Waals surface area contributed by atoms with Crippen LogP contribution in [-0.2, 0) is 0 Å². The van der Waals surface area contributed by atoms with Gasteiger partial charge in [-0.15, -0.1) is 0 Å². The standard InChI is InChI=1S/C17H29N3OS/c21-12-5-6-14-16(11-12)22-15-4-2-1-3-13(15)17(19-14)20-9-7-18-8-10-20/h12-16,18,21H,1-11H2. The van der Waals surface area contributed by atoms with E-state index in [0.717, 1.165) is 50.7 Å². The summed E-state index contributed by atoms with van der Waals surface area (Å²) in [5.41, 5.74) is 0. The van der Waals surface area contributed by atoms with Crippen LogP contribution in [0.15, 0.2) is 4.99 Å². The van der Waals surface area contributed by atoms with E-state index in [2.05, 4.69) is 22.0 Å². The maximum absolute atomic E-state index is 10.1. The summed E-state index contributed by atoms with van der Waals surface area (Å²) in [7, 11) is 0. The first kappa shape index (κ1) is 15.3. The molecule has 0 aromatic heterocycles. The summed E-state index contributed by atoms with van der Waals surface area (Å²) in [5, 5.41) is 14.8. The molecular formula is C17H29N3OS. The van der Waals surface area contributed by atoms with Gasteiger partial charge in [0.2, 0.25) is 0 Å². The van der Waals surface area contributed by atoms with E-state index in [1.54, 1.807) is 0 Å². The average Bonchev–Trinajstić information content (AvgIpc) is 2.72. The number of fused-ring (bicyclic) bond motifs is 2. The van der Waals surface area contributed by atoms with Gasteiger partial charge >= 0.3 is 0 Å². The van der Waals surface area contributed by atoms with Gasteiger partial charge < -0.3 is 15.3 Å². The zero-order valence-electron chi connectivity index (χ0n) is 13.4. The van der Waals surface area contributed by atoms with E-state index >= 15 is 0 Å². The summed E-state index contributed by atoms with van der Waals surface area (Å²) in [5.74, 6) is 2.10. The largest absolute Gasteiger partial charge is 0.393 e. The fourth-order valence-electron chi connectivity index (χ4n) is 4.64. The molecule has 0 bridgehead atoms. The van der Waals surface area contributed by atoms with Gasteiger partial charge in [-0.3, -0.25) is 4.99 Å². The Balaban J connectivity index is 1.62. The number of nitrogens with zero attached hydrogens (tertiary/aromatic N) is 2. The normalized spacial score (nSPS) is 42.9. The molecule has 4 aliphatic rings. The SMILES string of the molecule is OC1CCC2N=C(N3CCNCC3)C3CCCCC3SC2C1. The number of amidine groups is 1. The van der Waals surface area contributed by atoms with Gasteiger partial charge in [-0.1, -0.05) is 12.8 Å². The second-order valence-electron chi connectivity index (χ2n) is 7.36. The van der Waals surface area contributed by atoms with Crippen LogP contribution in [0.1, 0.15) is 44.9 Å². The van der Waals surface area contributed by atoms with Gasteiger partial charge in [-0.25, -0.2) is 0 Å². The predicted molar refractivity (Wildman–Crippen MR) is 92.6 cm³/mol. The van der Waals surface area contributed by atoms with Crippen LogP contribution in [0.4, 0.5) is 0 Å². The lowest BCUT2D eigenvalue weighted by Crippen LogP contribution is -2.50. The van der Waals surface area contributed by atoms with Crippen molar-refractivity contribution < 1.29 is 5.11 Å². The van der Waals surface area contributed by atoms with Crippen molar-refractivity contribution in [2.24, 2.45) is 10.9 Å². The van der Waals surface area contributed by atoms with Crippen LogP contribution in [0.3, 0.4) is 0 Å². The summed E-state index contributed by atoms with van der Waals surface area (Å²) in [6.07, 6.45) is 8.29. The quantitative estimate of drug-likeness (QED) is 0.715. The van der Waals surface area contributed by atoms with Crippen molar-refractivity contribution in [3.05, 3.63) is 0 Å². The molecular weight excluding hydrogens is 294 g/mol. The van der Waals surface area contributed by atoms with Gasteiger partial charge in [-0.2, -0.15) is 11.8 Å². The molecule has 4 rings (SSSR count). The number of aliphatic hydroxyl groups excluding tert-OH is 1. The third-order valence-electron chi connectivity index (χ3n) is 5.85. The fraction of sp³-hybridized carbons (Fsp3) is 0.941. The maximum atomic E-state index is 10.1. The highest BCUT2D eigenvalue weighted by Crippen LogP contribution is 2.44. The summed E-state index contributed by atoms with van der Waals surface area (Å²) in [6, 6.07) is 0.448. The number of hydrogen-bond donors (Lipinski definition) is 2. The van der Waals surface area contributed by atoms with Crippen LogP contribution in [0.2, 0.25) is 0 Å². The minimum atomic E-state index is -0.0910. The molecule has 5 atom stereocenters. The van der Waals surface area contributed by atoms with Crippen LogP contribution >= 0.6 is 11.8 Å². The first-order chi connectivity index (χ1) is 10.8. The Kier molecular flexibility index (Phi) is 4.65. The van der Waals surface area contributed by atoms with E-state index in [9.17, 15) is 5.11 Å². The first-order valence-electron chi connectivity index (χ1n) is 9.18. The number of rotatable bonds is 0. The van der Waals surface area contributed by atoms with Crippen molar-refractivity contribution in [3.8, 4) is 0 Å². The van der Waals surface area contributed by atoms with E-state index in [1.165, 1.54) is 31.5 Å². The van der Waals surface area contributed by atoms with E-state index < -0.39 is 0 Å². The molecule has 4 nitrogen and oxygen atoms in total. The number of hydrogen-bond acceptors (Lipinski definition) is 5. The third-order valence-corrected chi connectivity index (χ3v) is 7.62. The monoisotopic (exact) mass is 323 g/mol. The minimum Gasteiger partial charge on any atom is -0.393 e. The molecule has 2 N–H and O–H groups in total. The molecule has 2 aliphatic heterocycles. The highest BCUT2D eigenvalue weighted by Gasteiger charge is 2.41. The van der Waals surface area contributed by atoms with Crippen molar-refractivity contribution in [2.45, 2.75) is 67.6 Å². The van der Waals surface area contributed by atoms with E-state index in [4.69, 9.17) is 4.99 Å². The van der Waals surface area contributed by atoms with Crippen molar-refractivity contribution in [2.75, 3.05) is 26.2 Å². The Hall–Kier alpha value is -0.260. The molecule has 3 fully saturated rings. The minimum absolute atomic E-state index is 0.0910. The van der Waals surface area contributed by atoms with Crippen LogP contribution < -0.4 is 5.32 Å². The molecule has 124 valence electrons. The van der Waals surface area contributed by atoms with Gasteiger partial charge in [0.1, 0.15) is 5.84 Å². The highest BCUT2D eigenvalue weighted by atomic mass is 32.2. The van der Waals surface area contributed by atoms with Crippen LogP contribution in [0, 0.1) is 5.92 Å². The van der Waals surface area contributed by atoms with Crippen LogP contribution in [0.5, 0.6) is 0 Å². The van der Waals surface area contributed by atoms with Crippen LogP contribution in [-0.4, -0.2) is 64.7 Å². The second-order valence-corrected chi connectivity index (χ2v) is 8.85. The van der Waals surface area contributed by atoms with Gasteiger partial charge in [0, 0.05) is 42.6 Å². The molecule has 2 saturated carbocycles. The lowest BCUT2D eigenvalue weighted by molar-refractivity contribution is 0.126. The van der Waals surface area contributed by atoms with Crippen molar-refractivity contribution in [3.63, 3.8) is 0 Å². The Labute approximate surface area is 138 Å². The van der Waals surface area contributed by atoms with Gasteiger partial charge in [0.25, 0.3) is 0 Å². The summed E-state index contributed by atoms with van der Waals surface area (Å²) in [6.45, 7) is 4.42. The second kappa shape index (κ2) is 6.70. The predicted octanol–water partition coefficient (Wildman–Crippen LogP) is 1.88. The maximum Gasteiger partial charge on any atom is 0.104 e. The van der Waals surface area contributed by atoms with E-state index in [0.29, 0.717) is 17.2 Å². The van der Waals surface area contributed by atoms with Crippen molar-refractivity contribution >= 4 is 17.6 Å². The summed E-state index contributed by atoms with van der Waals surface area (Å²) < 4.78 is 0. The average molecular weight is 324 g/mol. The van der Waals surface area contributed by atoms with Gasteiger partial charge in [-0.05, 0) is 32.1 Å². The number of nitrogens with one attached hydrogen (secondary N) is 1. The zero-order valence-corrected chi connectivity index (χ0v) is 14.2. The molecule has 0 spiro atoms. The fourth-order valence-corrected chi connectivity index (χ4v) is 6.55. The lowest BCUT2D eigenvalue weighted by Gasteiger charge is -2.38. The molecule has 0 aromatic carbocycles. The Morgan fingerprint density at radius 1 is 1.05 bits per heavy atom. The summed E-state index contributed by atoms with van der Waals surface area (Å²) >= 11 is 2.17. The smallest absolute Gasteiger partial charge is 0.104 e. The Morgan fingerprint density at radius 3 is 2.73 bits per heavy atom. The first-order valence-corrected chi connectivity index (χ1v) is 10.1. The molecule has 1 saturated heterocycles. The topological polar surface area (TPSA) is 47.9 Å². The lowest BCUT2D eigenvalue weighted by atomic mass is 9.86. The molecule has 5 unspecified atom stereocenters. The zero-order chi connectivity index (χ0) is 14.9. The van der Waals surface area contributed by atoms with Gasteiger partial charge in [0.15, 0.2) is 0 Å². The highest BCUT2D eigenvalue weighted by molar-refractivity contribution is 8.00. The van der Waals surface area contributed by atoms with Crippen molar-refractivity contribution in [1.82, 2.24) is 10.2 Å². The van der Waals surface area contributed by atoms with Crippen LogP contribution in [0.25, 0.3) is 0 Å². The Bertz CT molecular complexity index is 424. The molecule has 5 heteroatoms.